The molecule has 0 unspecified atom stereocenters. The van der Waals surface area contributed by atoms with Gasteiger partial charge in [0.15, 0.2) is 18.3 Å². The van der Waals surface area contributed by atoms with Crippen molar-refractivity contribution in [1.82, 2.24) is 14.7 Å². The van der Waals surface area contributed by atoms with Crippen molar-refractivity contribution in [2.75, 3.05) is 21.1 Å². The van der Waals surface area contributed by atoms with Crippen LogP contribution < -0.4 is 0 Å². The van der Waals surface area contributed by atoms with Gasteiger partial charge in [-0.2, -0.15) is 0 Å². The van der Waals surface area contributed by atoms with Gasteiger partial charge >= 0.3 is 17.9 Å². The van der Waals surface area contributed by atoms with Crippen LogP contribution in [0.4, 0.5) is 0 Å². The Morgan fingerprint density at radius 3 is 0.771 bits per heavy atom. The quantitative estimate of drug-likeness (QED) is 0.257. The summed E-state index contributed by atoms with van der Waals surface area (Å²) in [6, 6.07) is -3.30. The maximum Gasteiger partial charge on any atom is 0.329 e. The second kappa shape index (κ2) is 18.5. The predicted molar refractivity (Wildman–Crippen MR) is 182 cm³/mol. The van der Waals surface area contributed by atoms with Gasteiger partial charge in [0, 0.05) is 21.1 Å². The fraction of sp³-hybridized carbons (Fsp3) is 0.833. The second-order valence-electron chi connectivity index (χ2n) is 14.6. The Labute approximate surface area is 288 Å². The van der Waals surface area contributed by atoms with Gasteiger partial charge < -0.3 is 28.9 Å². The number of likely N-dealkylation sites (N-methyl/N-ethyl adjacent to an activating group) is 3. The molecular formula is C36H63N3O9. The fourth-order valence-corrected chi connectivity index (χ4v) is 6.00. The van der Waals surface area contributed by atoms with Crippen LogP contribution in [0.15, 0.2) is 0 Å². The summed E-state index contributed by atoms with van der Waals surface area (Å²) in [6.07, 6.45) is -2.32. The van der Waals surface area contributed by atoms with E-state index < -0.39 is 89.8 Å². The highest BCUT2D eigenvalue weighted by atomic mass is 16.6. The van der Waals surface area contributed by atoms with E-state index in [9.17, 15) is 28.8 Å². The minimum atomic E-state index is -1.28. The van der Waals surface area contributed by atoms with Crippen molar-refractivity contribution in [3.05, 3.63) is 0 Å². The van der Waals surface area contributed by atoms with Crippen molar-refractivity contribution < 1.29 is 43.0 Å². The maximum absolute atomic E-state index is 14.1. The molecule has 0 radical (unpaired) electrons. The molecule has 0 bridgehead atoms. The van der Waals surface area contributed by atoms with Crippen molar-refractivity contribution in [2.45, 2.75) is 139 Å². The number of rotatable bonds is 9. The van der Waals surface area contributed by atoms with Gasteiger partial charge in [0.1, 0.15) is 18.1 Å². The van der Waals surface area contributed by atoms with Crippen LogP contribution in [0.2, 0.25) is 0 Å². The van der Waals surface area contributed by atoms with Crippen LogP contribution >= 0.6 is 0 Å². The summed E-state index contributed by atoms with van der Waals surface area (Å²) in [4.78, 5) is 87.8. The monoisotopic (exact) mass is 681 g/mol. The standard InChI is InChI=1S/C36H63N3O9/c1-16-22(10)25-34(43)46-29(20(6)7)32(41)38(14)27(24(12)18-3)36(45)48-30(21(8)9)33(42)39(15)26(23(11)17-2)35(44)47-28(19(4)5)31(40)37(25)13/h19-30H,16-18H2,1-15H3/t22-,23-,24-,25-,26-,27-,28+,29+,30+/m0/s1. The van der Waals surface area contributed by atoms with Gasteiger partial charge in [-0.25, -0.2) is 14.4 Å². The van der Waals surface area contributed by atoms with Crippen molar-refractivity contribution in [3.8, 4) is 0 Å². The number of carbonyl (C=O) groups excluding carboxylic acids is 6. The molecule has 1 fully saturated rings. The molecule has 0 aromatic rings. The molecule has 48 heavy (non-hydrogen) atoms. The summed E-state index contributed by atoms with van der Waals surface area (Å²) in [7, 11) is 4.39. The average Bonchev–Trinajstić information content (AvgIpc) is 3.02. The van der Waals surface area contributed by atoms with Crippen LogP contribution in [-0.4, -0.2) is 108 Å². The molecule has 9 atom stereocenters. The van der Waals surface area contributed by atoms with Gasteiger partial charge in [0.25, 0.3) is 17.7 Å². The van der Waals surface area contributed by atoms with Gasteiger partial charge in [0.2, 0.25) is 0 Å². The van der Waals surface area contributed by atoms with Crippen LogP contribution in [0.5, 0.6) is 0 Å². The van der Waals surface area contributed by atoms with Crippen LogP contribution in [-0.2, 0) is 43.0 Å². The number of hydrogen-bond donors (Lipinski definition) is 0. The number of nitrogens with zero attached hydrogens (tertiary/aromatic N) is 3. The van der Waals surface area contributed by atoms with E-state index in [-0.39, 0.29) is 17.8 Å². The van der Waals surface area contributed by atoms with E-state index in [0.717, 1.165) is 0 Å². The molecule has 276 valence electrons. The number of esters is 3. The van der Waals surface area contributed by atoms with Crippen molar-refractivity contribution in [2.24, 2.45) is 35.5 Å². The van der Waals surface area contributed by atoms with E-state index in [0.29, 0.717) is 19.3 Å². The Hall–Kier alpha value is -3.18. The third kappa shape index (κ3) is 9.94. The highest BCUT2D eigenvalue weighted by Crippen LogP contribution is 2.27. The molecular weight excluding hydrogens is 618 g/mol. The molecule has 0 spiro atoms. The van der Waals surface area contributed by atoms with E-state index in [1.807, 2.05) is 20.8 Å². The van der Waals surface area contributed by atoms with Gasteiger partial charge in [-0.15, -0.1) is 0 Å². The Bertz CT molecular complexity index is 1000. The molecule has 12 nitrogen and oxygen atoms in total. The predicted octanol–water partition coefficient (Wildman–Crippen LogP) is 4.32. The SMILES string of the molecule is CC[C@H](C)[C@H]1C(=O)O[C@H](C(C)C)C(=O)N(C)[C@@H]([C@@H](C)CC)C(=O)O[C@H](C(C)C)C(=O)N(C)[C@@H]([C@@H](C)CC)C(=O)O[C@H](C(C)C)C(=O)N1C. The first-order chi connectivity index (χ1) is 22.2. The first-order valence-corrected chi connectivity index (χ1v) is 17.6. The maximum atomic E-state index is 14.1. The van der Waals surface area contributed by atoms with Crippen LogP contribution in [0.3, 0.4) is 0 Å². The van der Waals surface area contributed by atoms with E-state index in [2.05, 4.69) is 0 Å². The minimum Gasteiger partial charge on any atom is -0.450 e. The molecule has 0 N–H and O–H groups in total. The van der Waals surface area contributed by atoms with Gasteiger partial charge in [0.05, 0.1) is 0 Å². The van der Waals surface area contributed by atoms with Crippen molar-refractivity contribution in [1.29, 1.82) is 0 Å². The highest BCUT2D eigenvalue weighted by molar-refractivity contribution is 5.94. The second-order valence-corrected chi connectivity index (χ2v) is 14.6. The Morgan fingerprint density at radius 2 is 0.625 bits per heavy atom. The molecule has 0 aromatic heterocycles. The summed E-state index contributed by atoms with van der Waals surface area (Å²) in [5, 5.41) is 0. The molecule has 1 rings (SSSR count). The molecule has 1 heterocycles. The third-order valence-corrected chi connectivity index (χ3v) is 9.84. The van der Waals surface area contributed by atoms with Crippen LogP contribution in [0.25, 0.3) is 0 Å². The fourth-order valence-electron chi connectivity index (χ4n) is 6.00. The normalized spacial score (nSPS) is 28.2. The molecule has 12 heteroatoms. The number of hydrogen-bond acceptors (Lipinski definition) is 9. The zero-order chi connectivity index (χ0) is 37.4. The van der Waals surface area contributed by atoms with E-state index in [4.69, 9.17) is 14.2 Å². The number of cyclic esters (lactones) is 3. The summed E-state index contributed by atoms with van der Waals surface area (Å²) < 4.78 is 17.8. The van der Waals surface area contributed by atoms with Crippen LogP contribution in [0, 0.1) is 35.5 Å². The Morgan fingerprint density at radius 1 is 0.438 bits per heavy atom. The largest absolute Gasteiger partial charge is 0.450 e. The lowest BCUT2D eigenvalue weighted by atomic mass is 9.94. The van der Waals surface area contributed by atoms with Gasteiger partial charge in [-0.1, -0.05) is 102 Å². The van der Waals surface area contributed by atoms with Crippen molar-refractivity contribution in [3.63, 3.8) is 0 Å². The topological polar surface area (TPSA) is 140 Å². The molecule has 1 aliphatic rings. The lowest BCUT2D eigenvalue weighted by molar-refractivity contribution is -0.182. The van der Waals surface area contributed by atoms with Gasteiger partial charge in [-0.05, 0) is 35.5 Å². The lowest BCUT2D eigenvalue weighted by Crippen LogP contribution is -2.58. The summed E-state index contributed by atoms with van der Waals surface area (Å²) in [5.41, 5.74) is 0. The number of amides is 3. The first-order valence-electron chi connectivity index (χ1n) is 17.6. The summed E-state index contributed by atoms with van der Waals surface area (Å²) >= 11 is 0. The molecule has 1 saturated heterocycles. The smallest absolute Gasteiger partial charge is 0.329 e. The van der Waals surface area contributed by atoms with Crippen LogP contribution in [0.1, 0.15) is 102 Å². The van der Waals surface area contributed by atoms with E-state index in [1.165, 1.54) is 35.8 Å². The molecule has 0 aliphatic carbocycles. The zero-order valence-corrected chi connectivity index (χ0v) is 32.1. The molecule has 0 aromatic carbocycles. The Kier molecular flexibility index (Phi) is 16.6. The van der Waals surface area contributed by atoms with E-state index >= 15 is 0 Å². The molecule has 3 amide bonds. The number of carbonyl (C=O) groups is 6. The zero-order valence-electron chi connectivity index (χ0n) is 32.1. The average molecular weight is 682 g/mol. The summed E-state index contributed by atoms with van der Waals surface area (Å²) in [6.45, 7) is 21.4. The lowest BCUT2D eigenvalue weighted by Gasteiger charge is -2.39. The third-order valence-electron chi connectivity index (χ3n) is 9.84. The summed E-state index contributed by atoms with van der Waals surface area (Å²) in [5.74, 6) is -6.73. The van der Waals surface area contributed by atoms with Crippen molar-refractivity contribution >= 4 is 35.6 Å². The van der Waals surface area contributed by atoms with Gasteiger partial charge in [-0.3, -0.25) is 14.4 Å². The van der Waals surface area contributed by atoms with E-state index in [1.54, 1.807) is 62.3 Å². The number of ether oxygens (including phenoxy) is 3. The highest BCUT2D eigenvalue weighted by Gasteiger charge is 2.46. The Balaban J connectivity index is 4.04. The first kappa shape index (κ1) is 42.8. The molecule has 1 aliphatic heterocycles. The minimum absolute atomic E-state index is 0.381. The molecule has 0 saturated carbocycles.